The van der Waals surface area contributed by atoms with Crippen LogP contribution in [0.5, 0.6) is 11.5 Å². The van der Waals surface area contributed by atoms with Crippen molar-refractivity contribution in [2.75, 3.05) is 0 Å². The molecular weight excluding hydrogens is 284 g/mol. The Bertz CT molecular complexity index is 579. The van der Waals surface area contributed by atoms with Crippen molar-refractivity contribution in [2.24, 2.45) is 0 Å². The molecule has 4 heteroatoms. The van der Waals surface area contributed by atoms with Crippen molar-refractivity contribution < 1.29 is 15.0 Å². The van der Waals surface area contributed by atoms with Crippen LogP contribution in [-0.2, 0) is 0 Å². The molecule has 0 bridgehead atoms. The molecule has 0 aliphatic carbocycles. The van der Waals surface area contributed by atoms with Gasteiger partial charge in [0.05, 0.1) is 0 Å². The third kappa shape index (κ3) is 2.31. The second-order valence-corrected chi connectivity index (χ2v) is 4.47. The molecule has 0 aliphatic rings. The van der Waals surface area contributed by atoms with Crippen molar-refractivity contribution in [3.8, 4) is 22.6 Å². The molecule has 0 aliphatic heterocycles. The maximum Gasteiger partial charge on any atom is 0.150 e. The molecule has 0 saturated carbocycles. The summed E-state index contributed by atoms with van der Waals surface area (Å²) in [6.45, 7) is 0. The van der Waals surface area contributed by atoms with E-state index in [1.807, 2.05) is 6.07 Å². The fourth-order valence-corrected chi connectivity index (χ4v) is 2.08. The minimum atomic E-state index is -0.136. The van der Waals surface area contributed by atoms with Gasteiger partial charge in [-0.25, -0.2) is 0 Å². The van der Waals surface area contributed by atoms with Gasteiger partial charge in [-0.05, 0) is 23.8 Å². The smallest absolute Gasteiger partial charge is 0.150 e. The number of hydrogen-bond acceptors (Lipinski definition) is 3. The van der Waals surface area contributed by atoms with Crippen LogP contribution in [0, 0.1) is 0 Å². The van der Waals surface area contributed by atoms with Gasteiger partial charge in [0.1, 0.15) is 11.5 Å². The van der Waals surface area contributed by atoms with Crippen LogP contribution in [0.1, 0.15) is 10.4 Å². The first-order valence-electron chi connectivity index (χ1n) is 4.89. The summed E-state index contributed by atoms with van der Waals surface area (Å²) in [5.41, 5.74) is 1.37. The quantitative estimate of drug-likeness (QED) is 0.835. The van der Waals surface area contributed by atoms with Crippen LogP contribution in [0.25, 0.3) is 11.1 Å². The maximum atomic E-state index is 11.0. The monoisotopic (exact) mass is 292 g/mol. The molecule has 17 heavy (non-hydrogen) atoms. The Labute approximate surface area is 106 Å². The van der Waals surface area contributed by atoms with E-state index in [4.69, 9.17) is 0 Å². The SMILES string of the molecule is O=Cc1cc(O)cc(O)c1-c1cccc(Br)c1. The van der Waals surface area contributed by atoms with E-state index in [9.17, 15) is 15.0 Å². The van der Waals surface area contributed by atoms with Gasteiger partial charge in [0, 0.05) is 21.7 Å². The number of aromatic hydroxyl groups is 2. The lowest BCUT2D eigenvalue weighted by Gasteiger charge is -2.09. The molecule has 0 unspecified atom stereocenters. The van der Waals surface area contributed by atoms with Crippen molar-refractivity contribution in [2.45, 2.75) is 0 Å². The van der Waals surface area contributed by atoms with Gasteiger partial charge in [-0.15, -0.1) is 0 Å². The highest BCUT2D eigenvalue weighted by atomic mass is 79.9. The average Bonchev–Trinajstić information content (AvgIpc) is 2.27. The first kappa shape index (κ1) is 11.7. The predicted molar refractivity (Wildman–Crippen MR) is 68.3 cm³/mol. The Morgan fingerprint density at radius 2 is 1.88 bits per heavy atom. The Balaban J connectivity index is 2.70. The highest BCUT2D eigenvalue weighted by Gasteiger charge is 2.12. The van der Waals surface area contributed by atoms with E-state index < -0.39 is 0 Å². The summed E-state index contributed by atoms with van der Waals surface area (Å²) in [7, 11) is 0. The fraction of sp³-hybridized carbons (Fsp3) is 0. The van der Waals surface area contributed by atoms with Gasteiger partial charge >= 0.3 is 0 Å². The molecule has 3 nitrogen and oxygen atoms in total. The Kier molecular flexibility index (Phi) is 3.15. The van der Waals surface area contributed by atoms with Crippen molar-refractivity contribution in [1.82, 2.24) is 0 Å². The lowest BCUT2D eigenvalue weighted by molar-refractivity contribution is 0.112. The van der Waals surface area contributed by atoms with Crippen LogP contribution >= 0.6 is 15.9 Å². The van der Waals surface area contributed by atoms with Crippen molar-refractivity contribution in [1.29, 1.82) is 0 Å². The van der Waals surface area contributed by atoms with Gasteiger partial charge in [-0.1, -0.05) is 28.1 Å². The lowest BCUT2D eigenvalue weighted by Crippen LogP contribution is -1.88. The van der Waals surface area contributed by atoms with Crippen LogP contribution in [0.3, 0.4) is 0 Å². The Morgan fingerprint density at radius 1 is 1.12 bits per heavy atom. The number of phenolic OH excluding ortho intramolecular Hbond substituents is 2. The summed E-state index contributed by atoms with van der Waals surface area (Å²) >= 11 is 3.33. The van der Waals surface area contributed by atoms with Crippen LogP contribution < -0.4 is 0 Å². The molecule has 0 fully saturated rings. The van der Waals surface area contributed by atoms with Crippen LogP contribution in [0.15, 0.2) is 40.9 Å². The summed E-state index contributed by atoms with van der Waals surface area (Å²) in [6.07, 6.45) is 0.607. The third-order valence-corrected chi connectivity index (χ3v) is 2.87. The topological polar surface area (TPSA) is 57.5 Å². The number of carbonyl (C=O) groups is 1. The number of hydrogen-bond donors (Lipinski definition) is 2. The van der Waals surface area contributed by atoms with Crippen molar-refractivity contribution in [3.63, 3.8) is 0 Å². The van der Waals surface area contributed by atoms with Gasteiger partial charge in [0.15, 0.2) is 6.29 Å². The maximum absolute atomic E-state index is 11.0. The second kappa shape index (κ2) is 4.59. The first-order chi connectivity index (χ1) is 8.11. The summed E-state index contributed by atoms with van der Waals surface area (Å²) in [5, 5.41) is 19.1. The van der Waals surface area contributed by atoms with E-state index in [2.05, 4.69) is 15.9 Å². The largest absolute Gasteiger partial charge is 0.508 e. The number of phenols is 2. The van der Waals surface area contributed by atoms with Gasteiger partial charge in [-0.3, -0.25) is 4.79 Å². The molecule has 0 aromatic heterocycles. The minimum absolute atomic E-state index is 0.120. The summed E-state index contributed by atoms with van der Waals surface area (Å²) in [6, 6.07) is 9.76. The van der Waals surface area contributed by atoms with Crippen molar-refractivity contribution >= 4 is 22.2 Å². The zero-order chi connectivity index (χ0) is 12.4. The second-order valence-electron chi connectivity index (χ2n) is 3.56. The number of aldehydes is 1. The molecular formula is C13H9BrO3. The highest BCUT2D eigenvalue weighted by molar-refractivity contribution is 9.10. The molecule has 2 aromatic carbocycles. The Hall–Kier alpha value is -1.81. The van der Waals surface area contributed by atoms with E-state index in [-0.39, 0.29) is 17.1 Å². The zero-order valence-electron chi connectivity index (χ0n) is 8.72. The highest BCUT2D eigenvalue weighted by Crippen LogP contribution is 2.36. The minimum Gasteiger partial charge on any atom is -0.508 e. The van der Waals surface area contributed by atoms with E-state index in [0.717, 1.165) is 4.47 Å². The van der Waals surface area contributed by atoms with Crippen LogP contribution in [0.4, 0.5) is 0 Å². The van der Waals surface area contributed by atoms with E-state index in [0.29, 0.717) is 17.4 Å². The molecule has 0 spiro atoms. The summed E-state index contributed by atoms with van der Waals surface area (Å²) in [4.78, 5) is 11.0. The molecule has 86 valence electrons. The number of benzene rings is 2. The summed E-state index contributed by atoms with van der Waals surface area (Å²) < 4.78 is 0.847. The molecule has 2 aromatic rings. The fourth-order valence-electron chi connectivity index (χ4n) is 1.68. The number of rotatable bonds is 2. The third-order valence-electron chi connectivity index (χ3n) is 2.37. The lowest BCUT2D eigenvalue weighted by atomic mass is 9.99. The normalized spacial score (nSPS) is 10.2. The zero-order valence-corrected chi connectivity index (χ0v) is 10.3. The number of carbonyl (C=O) groups excluding carboxylic acids is 1. The first-order valence-corrected chi connectivity index (χ1v) is 5.68. The van der Waals surface area contributed by atoms with Gasteiger partial charge in [0.25, 0.3) is 0 Å². The average molecular weight is 293 g/mol. The molecule has 2 N–H and O–H groups in total. The van der Waals surface area contributed by atoms with Crippen LogP contribution in [0.2, 0.25) is 0 Å². The molecule has 0 amide bonds. The predicted octanol–water partition coefficient (Wildman–Crippen LogP) is 3.34. The molecule has 0 atom stereocenters. The molecule has 2 rings (SSSR count). The summed E-state index contributed by atoms with van der Waals surface area (Å²) in [5.74, 6) is -0.256. The van der Waals surface area contributed by atoms with Crippen molar-refractivity contribution in [3.05, 3.63) is 46.4 Å². The standard InChI is InChI=1S/C13H9BrO3/c14-10-3-1-2-8(4-10)13-9(7-15)5-11(16)6-12(13)17/h1-7,16-17H. The Morgan fingerprint density at radius 3 is 2.53 bits per heavy atom. The number of halogens is 1. The van der Waals surface area contributed by atoms with E-state index >= 15 is 0 Å². The van der Waals surface area contributed by atoms with Gasteiger partial charge in [-0.2, -0.15) is 0 Å². The molecule has 0 heterocycles. The van der Waals surface area contributed by atoms with Gasteiger partial charge in [0.2, 0.25) is 0 Å². The molecule has 0 radical (unpaired) electrons. The van der Waals surface area contributed by atoms with Gasteiger partial charge < -0.3 is 10.2 Å². The van der Waals surface area contributed by atoms with Crippen LogP contribution in [-0.4, -0.2) is 16.5 Å². The molecule has 0 saturated heterocycles. The van der Waals surface area contributed by atoms with E-state index in [1.54, 1.807) is 18.2 Å². The van der Waals surface area contributed by atoms with E-state index in [1.165, 1.54) is 12.1 Å².